The first-order valence-corrected chi connectivity index (χ1v) is 12.8. The van der Waals surface area contributed by atoms with Gasteiger partial charge in [0.1, 0.15) is 9.83 Å². The fraction of sp³-hybridized carbons (Fsp3) is 0.280. The minimum absolute atomic E-state index is 0.232. The van der Waals surface area contributed by atoms with Crippen molar-refractivity contribution in [2.75, 3.05) is 5.32 Å². The molecule has 1 atom stereocenters. The van der Waals surface area contributed by atoms with Gasteiger partial charge in [-0.25, -0.2) is 9.78 Å². The van der Waals surface area contributed by atoms with Gasteiger partial charge in [-0.3, -0.25) is 9.59 Å². The number of fused-ring (bicyclic) bond motifs is 2. The van der Waals surface area contributed by atoms with Gasteiger partial charge in [-0.2, -0.15) is 0 Å². The zero-order valence-corrected chi connectivity index (χ0v) is 20.4. The third-order valence-corrected chi connectivity index (χ3v) is 7.96. The number of hydrogen-bond donors (Lipinski definition) is 2. The fourth-order valence-electron chi connectivity index (χ4n) is 4.29. The molecule has 3 heterocycles. The number of esters is 1. The van der Waals surface area contributed by atoms with Crippen molar-refractivity contribution < 1.29 is 14.3 Å². The van der Waals surface area contributed by atoms with E-state index in [2.05, 4.69) is 15.3 Å². The van der Waals surface area contributed by atoms with Gasteiger partial charge in [-0.1, -0.05) is 30.3 Å². The molecule has 1 aliphatic rings. The van der Waals surface area contributed by atoms with Crippen molar-refractivity contribution in [2.24, 2.45) is 0 Å². The smallest absolute Gasteiger partial charge is 0.342 e. The van der Waals surface area contributed by atoms with Crippen LogP contribution >= 0.6 is 22.7 Å². The number of aromatic nitrogens is 2. The molecule has 9 heteroatoms. The van der Waals surface area contributed by atoms with Crippen LogP contribution in [0.3, 0.4) is 0 Å². The van der Waals surface area contributed by atoms with Crippen LogP contribution in [-0.4, -0.2) is 21.8 Å². The number of nitrogens with one attached hydrogen (secondary N) is 2. The summed E-state index contributed by atoms with van der Waals surface area (Å²) in [5.74, 6) is -0.462. The van der Waals surface area contributed by atoms with Crippen molar-refractivity contribution in [3.05, 3.63) is 67.9 Å². The second-order valence-corrected chi connectivity index (χ2v) is 10.3. The van der Waals surface area contributed by atoms with Gasteiger partial charge in [0.05, 0.1) is 10.9 Å². The molecular weight excluding hydrogens is 470 g/mol. The minimum Gasteiger partial charge on any atom is -0.451 e. The third-order valence-electron chi connectivity index (χ3n) is 5.88. The fourth-order valence-corrected chi connectivity index (χ4v) is 6.57. The molecule has 34 heavy (non-hydrogen) atoms. The second-order valence-electron chi connectivity index (χ2n) is 8.29. The highest BCUT2D eigenvalue weighted by Gasteiger charge is 2.29. The highest BCUT2D eigenvalue weighted by atomic mass is 32.1. The van der Waals surface area contributed by atoms with Crippen molar-refractivity contribution in [2.45, 2.75) is 45.6 Å². The van der Waals surface area contributed by atoms with Crippen LogP contribution in [0.5, 0.6) is 0 Å². The Balaban J connectivity index is 1.45. The largest absolute Gasteiger partial charge is 0.451 e. The van der Waals surface area contributed by atoms with Gasteiger partial charge in [0, 0.05) is 22.7 Å². The van der Waals surface area contributed by atoms with Crippen molar-refractivity contribution in [1.29, 1.82) is 0 Å². The molecule has 0 spiro atoms. The van der Waals surface area contributed by atoms with E-state index in [1.54, 1.807) is 6.92 Å². The summed E-state index contributed by atoms with van der Waals surface area (Å²) in [4.78, 5) is 47.0. The summed E-state index contributed by atoms with van der Waals surface area (Å²) >= 11 is 2.82. The summed E-state index contributed by atoms with van der Waals surface area (Å²) in [6, 6.07) is 9.68. The summed E-state index contributed by atoms with van der Waals surface area (Å²) < 4.78 is 5.75. The summed E-state index contributed by atoms with van der Waals surface area (Å²) in [5, 5.41) is 5.75. The van der Waals surface area contributed by atoms with E-state index in [0.717, 1.165) is 47.3 Å². The molecule has 0 bridgehead atoms. The molecule has 0 radical (unpaired) electrons. The van der Waals surface area contributed by atoms with Crippen LogP contribution in [0.1, 0.15) is 59.4 Å². The Morgan fingerprint density at radius 1 is 1.18 bits per heavy atom. The third kappa shape index (κ3) is 4.17. The maximum Gasteiger partial charge on any atom is 0.342 e. The van der Waals surface area contributed by atoms with Crippen LogP contribution in [0.15, 0.2) is 40.5 Å². The molecule has 0 fully saturated rings. The lowest BCUT2D eigenvalue weighted by molar-refractivity contribution is -0.114. The number of ether oxygens (including phenoxy) is 1. The number of aromatic amines is 1. The number of aryl methyl sites for hydroxylation is 1. The zero-order chi connectivity index (χ0) is 23.8. The van der Waals surface area contributed by atoms with E-state index in [9.17, 15) is 14.4 Å². The van der Waals surface area contributed by atoms with Crippen molar-refractivity contribution in [3.63, 3.8) is 0 Å². The highest BCUT2D eigenvalue weighted by Crippen LogP contribution is 2.39. The van der Waals surface area contributed by atoms with Crippen molar-refractivity contribution in [3.8, 4) is 11.1 Å². The molecular formula is C25H23N3O4S2. The quantitative estimate of drug-likeness (QED) is 0.359. The first-order valence-electron chi connectivity index (χ1n) is 11.1. The molecule has 174 valence electrons. The molecule has 1 aliphatic carbocycles. The first kappa shape index (κ1) is 22.5. The normalized spacial score (nSPS) is 13.9. The number of H-pyrrole nitrogens is 1. The summed E-state index contributed by atoms with van der Waals surface area (Å²) in [7, 11) is 0. The second kappa shape index (κ2) is 9.15. The maximum atomic E-state index is 13.2. The number of thiophene rings is 2. The molecule has 0 aliphatic heterocycles. The number of anilines is 1. The van der Waals surface area contributed by atoms with E-state index in [0.29, 0.717) is 20.8 Å². The number of rotatable bonds is 5. The Kier molecular flexibility index (Phi) is 6.05. The number of carbonyl (C=O) groups is 2. The van der Waals surface area contributed by atoms with Gasteiger partial charge >= 0.3 is 5.97 Å². The molecule has 1 amide bonds. The number of nitrogens with zero attached hydrogens (tertiary/aromatic N) is 1. The predicted octanol–water partition coefficient (Wildman–Crippen LogP) is 5.47. The lowest BCUT2D eigenvalue weighted by Gasteiger charge is -2.16. The van der Waals surface area contributed by atoms with E-state index in [-0.39, 0.29) is 17.3 Å². The Morgan fingerprint density at radius 3 is 2.71 bits per heavy atom. The van der Waals surface area contributed by atoms with E-state index >= 15 is 0 Å². The number of hydrogen-bond acceptors (Lipinski definition) is 7. The van der Waals surface area contributed by atoms with Crippen LogP contribution in [0.4, 0.5) is 5.00 Å². The van der Waals surface area contributed by atoms with Gasteiger partial charge in [0.15, 0.2) is 11.9 Å². The Labute approximate surface area is 203 Å². The van der Waals surface area contributed by atoms with Gasteiger partial charge in [-0.05, 0) is 43.7 Å². The highest BCUT2D eigenvalue weighted by molar-refractivity contribution is 7.17. The molecule has 4 aromatic rings. The molecule has 1 aromatic carbocycles. The number of amides is 1. The van der Waals surface area contributed by atoms with E-state index in [4.69, 9.17) is 4.74 Å². The molecule has 3 aromatic heterocycles. The van der Waals surface area contributed by atoms with Crippen LogP contribution in [-0.2, 0) is 22.4 Å². The van der Waals surface area contributed by atoms with Crippen LogP contribution in [0, 0.1) is 0 Å². The first-order chi connectivity index (χ1) is 16.4. The molecule has 0 saturated heterocycles. The monoisotopic (exact) mass is 493 g/mol. The van der Waals surface area contributed by atoms with E-state index in [1.165, 1.54) is 29.6 Å². The predicted molar refractivity (Wildman–Crippen MR) is 135 cm³/mol. The molecule has 0 saturated carbocycles. The average Bonchev–Trinajstić information content (AvgIpc) is 3.40. The van der Waals surface area contributed by atoms with E-state index in [1.807, 2.05) is 35.7 Å². The summed E-state index contributed by atoms with van der Waals surface area (Å²) in [5.41, 5.74) is 2.89. The van der Waals surface area contributed by atoms with Gasteiger partial charge in [-0.15, -0.1) is 22.7 Å². The zero-order valence-electron chi connectivity index (χ0n) is 18.8. The van der Waals surface area contributed by atoms with E-state index < -0.39 is 12.1 Å². The molecule has 1 unspecified atom stereocenters. The van der Waals surface area contributed by atoms with Gasteiger partial charge < -0.3 is 15.0 Å². The van der Waals surface area contributed by atoms with Crippen molar-refractivity contribution in [1.82, 2.24) is 9.97 Å². The van der Waals surface area contributed by atoms with Crippen molar-refractivity contribution >= 4 is 49.8 Å². The molecule has 5 rings (SSSR count). The topological polar surface area (TPSA) is 101 Å². The van der Waals surface area contributed by atoms with Gasteiger partial charge in [0.2, 0.25) is 5.91 Å². The van der Waals surface area contributed by atoms with Crippen LogP contribution in [0.25, 0.3) is 21.3 Å². The SMILES string of the molecule is CC(=O)Nc1sc2c(c1C(=O)OC(C)c1nc3scc(-c4ccccc4)c3c(=O)[nH]1)CCCC2. The summed E-state index contributed by atoms with van der Waals surface area (Å²) in [6.45, 7) is 3.11. The maximum absolute atomic E-state index is 13.2. The lowest BCUT2D eigenvalue weighted by atomic mass is 9.95. The standard InChI is InChI=1S/C25H23N3O4S2/c1-13(32-25(31)20-16-10-6-7-11-18(16)34-24(20)26-14(2)29)21-27-22(30)19-17(12-33-23(19)28-21)15-8-4-3-5-9-15/h3-5,8-9,12-13H,6-7,10-11H2,1-2H3,(H,26,29)(H,27,28,30). The Bertz CT molecular complexity index is 1450. The molecule has 7 nitrogen and oxygen atoms in total. The molecule has 2 N–H and O–H groups in total. The minimum atomic E-state index is -0.767. The Hall–Kier alpha value is -3.30. The lowest BCUT2D eigenvalue weighted by Crippen LogP contribution is -2.19. The average molecular weight is 494 g/mol. The number of carbonyl (C=O) groups excluding carboxylic acids is 2. The van der Waals surface area contributed by atoms with Crippen LogP contribution < -0.4 is 10.9 Å². The number of benzene rings is 1. The Morgan fingerprint density at radius 2 is 1.94 bits per heavy atom. The van der Waals surface area contributed by atoms with Gasteiger partial charge in [0.25, 0.3) is 5.56 Å². The summed E-state index contributed by atoms with van der Waals surface area (Å²) in [6.07, 6.45) is 2.96. The van der Waals surface area contributed by atoms with Crippen LogP contribution in [0.2, 0.25) is 0 Å².